The molecular weight excluding hydrogens is 407 g/mol. The maximum absolute atomic E-state index is 12.7. The molecule has 1 aliphatic heterocycles. The Morgan fingerprint density at radius 3 is 2.47 bits per heavy atom. The van der Waals surface area contributed by atoms with Crippen molar-refractivity contribution in [3.8, 4) is 6.07 Å². The number of hydrazine groups is 1. The molecule has 0 spiro atoms. The highest BCUT2D eigenvalue weighted by molar-refractivity contribution is 8.00. The molecule has 154 valence electrons. The molecule has 3 nitrogen and oxygen atoms in total. The van der Waals surface area contributed by atoms with Crippen molar-refractivity contribution < 1.29 is 13.2 Å². The molecule has 0 N–H and O–H groups in total. The van der Waals surface area contributed by atoms with E-state index in [9.17, 15) is 18.4 Å². The predicted molar refractivity (Wildman–Crippen MR) is 114 cm³/mol. The van der Waals surface area contributed by atoms with Crippen molar-refractivity contribution >= 4 is 28.2 Å². The van der Waals surface area contributed by atoms with E-state index < -0.39 is 5.51 Å². The smallest absolute Gasteiger partial charge is 0.305 e. The molecule has 4 rings (SSSR count). The van der Waals surface area contributed by atoms with Crippen LogP contribution in [0.1, 0.15) is 24.0 Å². The molecule has 1 aliphatic rings. The summed E-state index contributed by atoms with van der Waals surface area (Å²) in [6.45, 7) is 2.18. The Bertz CT molecular complexity index is 1090. The monoisotopic (exact) mass is 427 g/mol. The summed E-state index contributed by atoms with van der Waals surface area (Å²) in [6.07, 6.45) is 2.07. The Balaban J connectivity index is 1.65. The van der Waals surface area contributed by atoms with Gasteiger partial charge in [0.1, 0.15) is 0 Å². The van der Waals surface area contributed by atoms with Crippen LogP contribution in [0, 0.1) is 11.3 Å². The fraction of sp³-hybridized carbons (Fsp3) is 0.261. The van der Waals surface area contributed by atoms with Crippen LogP contribution in [0.15, 0.2) is 65.6 Å². The Labute approximate surface area is 177 Å². The van der Waals surface area contributed by atoms with E-state index in [4.69, 9.17) is 0 Å². The molecule has 0 atom stereocenters. The van der Waals surface area contributed by atoms with Crippen LogP contribution < -0.4 is 5.01 Å². The van der Waals surface area contributed by atoms with Gasteiger partial charge in [-0.05, 0) is 54.4 Å². The van der Waals surface area contributed by atoms with E-state index in [-0.39, 0.29) is 16.7 Å². The SMILES string of the molecule is N#Cc1ccc(N2CCCCN2Cc2cccc(SC(F)(F)F)c2)c2ccccc12. The summed E-state index contributed by atoms with van der Waals surface area (Å²) in [5.41, 5.74) is -1.80. The first kappa shape index (κ1) is 20.6. The number of alkyl halides is 3. The number of nitriles is 1. The number of benzene rings is 3. The zero-order valence-electron chi connectivity index (χ0n) is 16.2. The van der Waals surface area contributed by atoms with E-state index in [1.54, 1.807) is 12.1 Å². The normalized spacial score (nSPS) is 15.3. The van der Waals surface area contributed by atoms with E-state index in [2.05, 4.69) is 16.1 Å². The molecule has 0 saturated carbocycles. The number of thioether (sulfide) groups is 1. The second kappa shape index (κ2) is 8.58. The molecule has 0 bridgehead atoms. The molecule has 0 aromatic heterocycles. The second-order valence-corrected chi connectivity index (χ2v) is 8.34. The van der Waals surface area contributed by atoms with Gasteiger partial charge in [-0.15, -0.1) is 0 Å². The minimum Gasteiger partial charge on any atom is -0.305 e. The van der Waals surface area contributed by atoms with Gasteiger partial charge in [-0.1, -0.05) is 36.4 Å². The van der Waals surface area contributed by atoms with Crippen molar-refractivity contribution in [1.82, 2.24) is 5.01 Å². The van der Waals surface area contributed by atoms with Crippen LogP contribution in [0.2, 0.25) is 0 Å². The van der Waals surface area contributed by atoms with Crippen LogP contribution in [0.5, 0.6) is 0 Å². The van der Waals surface area contributed by atoms with Gasteiger partial charge >= 0.3 is 5.51 Å². The topological polar surface area (TPSA) is 30.3 Å². The maximum Gasteiger partial charge on any atom is 0.446 e. The zero-order chi connectivity index (χ0) is 21.1. The summed E-state index contributed by atoms with van der Waals surface area (Å²) in [7, 11) is 0. The molecule has 0 aliphatic carbocycles. The molecular formula is C23H20F3N3S. The average Bonchev–Trinajstić information content (AvgIpc) is 2.72. The van der Waals surface area contributed by atoms with Crippen LogP contribution in [0.25, 0.3) is 10.8 Å². The molecule has 0 unspecified atom stereocenters. The maximum atomic E-state index is 12.7. The second-order valence-electron chi connectivity index (χ2n) is 7.20. The van der Waals surface area contributed by atoms with Gasteiger partial charge in [0.25, 0.3) is 0 Å². The van der Waals surface area contributed by atoms with Gasteiger partial charge in [0, 0.05) is 35.3 Å². The Kier molecular flexibility index (Phi) is 5.89. The highest BCUT2D eigenvalue weighted by atomic mass is 32.2. The number of anilines is 1. The van der Waals surface area contributed by atoms with E-state index >= 15 is 0 Å². The van der Waals surface area contributed by atoms with Crippen LogP contribution in [0.3, 0.4) is 0 Å². The molecule has 3 aromatic rings. The fourth-order valence-electron chi connectivity index (χ4n) is 3.91. The summed E-state index contributed by atoms with van der Waals surface area (Å²) in [4.78, 5) is 0.201. The summed E-state index contributed by atoms with van der Waals surface area (Å²) in [5, 5.41) is 15.7. The summed E-state index contributed by atoms with van der Waals surface area (Å²) in [6, 6.07) is 20.5. The first-order valence-corrected chi connectivity index (χ1v) is 10.6. The van der Waals surface area contributed by atoms with Crippen molar-refractivity contribution in [2.45, 2.75) is 29.8 Å². The molecule has 1 heterocycles. The van der Waals surface area contributed by atoms with Crippen molar-refractivity contribution in [1.29, 1.82) is 5.26 Å². The zero-order valence-corrected chi connectivity index (χ0v) is 17.0. The molecule has 1 fully saturated rings. The highest BCUT2D eigenvalue weighted by Crippen LogP contribution is 2.37. The molecule has 0 amide bonds. The fourth-order valence-corrected chi connectivity index (χ4v) is 4.54. The standard InChI is InChI=1S/C23H20F3N3S/c24-23(25,26)30-19-7-5-6-17(14-19)16-28-12-3-4-13-29(28)22-11-10-18(15-27)20-8-1-2-9-21(20)22/h1-2,5-11,14H,3-4,12-13,16H2. The third-order valence-corrected chi connectivity index (χ3v) is 5.90. The average molecular weight is 427 g/mol. The molecule has 1 saturated heterocycles. The summed E-state index contributed by atoms with van der Waals surface area (Å²) < 4.78 is 38.2. The minimum atomic E-state index is -4.29. The Morgan fingerprint density at radius 2 is 1.70 bits per heavy atom. The third kappa shape index (κ3) is 4.55. The van der Waals surface area contributed by atoms with Gasteiger partial charge in [0.2, 0.25) is 0 Å². The lowest BCUT2D eigenvalue weighted by Crippen LogP contribution is -2.47. The van der Waals surface area contributed by atoms with Crippen LogP contribution in [-0.2, 0) is 6.54 Å². The molecule has 3 aromatic carbocycles. The molecule has 0 radical (unpaired) electrons. The van der Waals surface area contributed by atoms with E-state index in [1.165, 1.54) is 6.07 Å². The van der Waals surface area contributed by atoms with E-state index in [1.807, 2.05) is 42.5 Å². The van der Waals surface area contributed by atoms with Crippen molar-refractivity contribution in [3.05, 3.63) is 71.8 Å². The van der Waals surface area contributed by atoms with Crippen LogP contribution >= 0.6 is 11.8 Å². The number of rotatable bonds is 4. The largest absolute Gasteiger partial charge is 0.446 e. The minimum absolute atomic E-state index is 0.0827. The quantitative estimate of drug-likeness (QED) is 0.455. The van der Waals surface area contributed by atoms with E-state index in [0.29, 0.717) is 12.1 Å². The van der Waals surface area contributed by atoms with Crippen molar-refractivity contribution in [3.63, 3.8) is 0 Å². The molecule has 30 heavy (non-hydrogen) atoms. The Hall–Kier alpha value is -2.69. The lowest BCUT2D eigenvalue weighted by atomic mass is 10.0. The lowest BCUT2D eigenvalue weighted by Gasteiger charge is -2.41. The van der Waals surface area contributed by atoms with Crippen molar-refractivity contribution in [2.75, 3.05) is 18.1 Å². The van der Waals surface area contributed by atoms with Crippen LogP contribution in [-0.4, -0.2) is 23.6 Å². The predicted octanol–water partition coefficient (Wildman–Crippen LogP) is 6.34. The number of hydrogen-bond acceptors (Lipinski definition) is 4. The van der Waals surface area contributed by atoms with Gasteiger partial charge in [-0.2, -0.15) is 18.4 Å². The van der Waals surface area contributed by atoms with Gasteiger partial charge in [-0.3, -0.25) is 0 Å². The Morgan fingerprint density at radius 1 is 0.933 bits per heavy atom. The number of hydrogen-bond donors (Lipinski definition) is 0. The summed E-state index contributed by atoms with van der Waals surface area (Å²) >= 11 is -0.0827. The lowest BCUT2D eigenvalue weighted by molar-refractivity contribution is -0.0328. The summed E-state index contributed by atoms with van der Waals surface area (Å²) in [5.74, 6) is 0. The van der Waals surface area contributed by atoms with Gasteiger partial charge in [0.05, 0.1) is 17.3 Å². The number of nitrogens with zero attached hydrogens (tertiary/aromatic N) is 3. The van der Waals surface area contributed by atoms with E-state index in [0.717, 1.165) is 48.0 Å². The van der Waals surface area contributed by atoms with Crippen LogP contribution in [0.4, 0.5) is 18.9 Å². The van der Waals surface area contributed by atoms with Gasteiger partial charge in [-0.25, -0.2) is 5.01 Å². The first-order chi connectivity index (χ1) is 14.4. The van der Waals surface area contributed by atoms with Gasteiger partial charge < -0.3 is 5.01 Å². The van der Waals surface area contributed by atoms with Crippen molar-refractivity contribution in [2.24, 2.45) is 0 Å². The third-order valence-electron chi connectivity index (χ3n) is 5.17. The number of fused-ring (bicyclic) bond motifs is 1. The number of halogens is 3. The highest BCUT2D eigenvalue weighted by Gasteiger charge is 2.29. The van der Waals surface area contributed by atoms with Gasteiger partial charge in [0.15, 0.2) is 0 Å². The molecule has 7 heteroatoms. The first-order valence-electron chi connectivity index (χ1n) is 9.73.